The van der Waals surface area contributed by atoms with Crippen molar-refractivity contribution in [3.8, 4) is 0 Å². The molecule has 0 aliphatic carbocycles. The maximum absolute atomic E-state index is 8.43. The summed E-state index contributed by atoms with van der Waals surface area (Å²) in [5.74, 6) is 0. The van der Waals surface area contributed by atoms with Crippen LogP contribution in [0.1, 0.15) is 0 Å². The van der Waals surface area contributed by atoms with E-state index in [9.17, 15) is 0 Å². The zero-order valence-electron chi connectivity index (χ0n) is 4.70. The summed E-state index contributed by atoms with van der Waals surface area (Å²) in [4.78, 5) is 0. The molecule has 4 heteroatoms. The van der Waals surface area contributed by atoms with Crippen LogP contribution in [-0.2, 0) is 9.47 Å². The minimum absolute atomic E-state index is 0.0923. The van der Waals surface area contributed by atoms with Gasteiger partial charge in [-0.3, -0.25) is 0 Å². The maximum atomic E-state index is 8.43. The van der Waals surface area contributed by atoms with E-state index in [0.717, 1.165) is 0 Å². The molecule has 2 N–H and O–H groups in total. The molecule has 1 atom stereocenters. The molecule has 8 heavy (non-hydrogen) atoms. The van der Waals surface area contributed by atoms with Crippen LogP contribution in [0.4, 0.5) is 0 Å². The van der Waals surface area contributed by atoms with Crippen LogP contribution < -0.4 is 0 Å². The lowest BCUT2D eigenvalue weighted by Gasteiger charge is -2.06. The van der Waals surface area contributed by atoms with E-state index in [4.69, 9.17) is 10.2 Å². The van der Waals surface area contributed by atoms with Crippen LogP contribution in [0.5, 0.6) is 0 Å². The molecule has 0 aliphatic heterocycles. The van der Waals surface area contributed by atoms with Crippen molar-refractivity contribution in [2.24, 2.45) is 0 Å². The average molecular weight is 122 g/mol. The summed E-state index contributed by atoms with van der Waals surface area (Å²) in [6.07, 6.45) is 0. The molecule has 50 valence electrons. The lowest BCUT2D eigenvalue weighted by molar-refractivity contribution is -0.252. The largest absolute Gasteiger partial charge is 0.394 e. The Balaban J connectivity index is 2.86. The Bertz CT molecular complexity index is 47.3. The first-order chi connectivity index (χ1) is 3.81. The van der Waals surface area contributed by atoms with E-state index < -0.39 is 6.48 Å². The van der Waals surface area contributed by atoms with Gasteiger partial charge in [-0.1, -0.05) is 0 Å². The van der Waals surface area contributed by atoms with Gasteiger partial charge in [0.05, 0.1) is 13.2 Å². The summed E-state index contributed by atoms with van der Waals surface area (Å²) >= 11 is 0. The number of hydrogen-bond donors (Lipinski definition) is 2. The normalized spacial score (nSPS) is 13.9. The maximum Gasteiger partial charge on any atom is 0.268 e. The van der Waals surface area contributed by atoms with Crippen molar-refractivity contribution in [3.05, 3.63) is 0 Å². The van der Waals surface area contributed by atoms with E-state index in [1.165, 1.54) is 7.11 Å². The molecular formula is C4H10O4. The molecular weight excluding hydrogens is 112 g/mol. The number of aliphatic hydroxyl groups is 2. The molecule has 0 aromatic heterocycles. The molecule has 0 aliphatic rings. The van der Waals surface area contributed by atoms with Crippen molar-refractivity contribution >= 4 is 0 Å². The Kier molecular flexibility index (Phi) is 4.89. The molecule has 0 saturated carbocycles. The van der Waals surface area contributed by atoms with E-state index in [2.05, 4.69) is 9.47 Å². The predicted octanol–water partition coefficient (Wildman–Crippen LogP) is -1.08. The smallest absolute Gasteiger partial charge is 0.268 e. The summed E-state index contributed by atoms with van der Waals surface area (Å²) in [5, 5.41) is 16.6. The van der Waals surface area contributed by atoms with Crippen molar-refractivity contribution in [1.82, 2.24) is 0 Å². The topological polar surface area (TPSA) is 58.9 Å². The van der Waals surface area contributed by atoms with Crippen LogP contribution >= 0.6 is 0 Å². The second-order valence-corrected chi connectivity index (χ2v) is 1.14. The third kappa shape index (κ3) is 4.01. The van der Waals surface area contributed by atoms with Crippen LogP contribution in [0, 0.1) is 0 Å². The standard InChI is InChI=1S/C4H10O4/c1-7-4(6)8-3-2-5/h4-6H,2-3H2,1H3. The summed E-state index contributed by atoms with van der Waals surface area (Å²) in [6, 6.07) is 0. The number of rotatable bonds is 4. The van der Waals surface area contributed by atoms with E-state index in [0.29, 0.717) is 0 Å². The minimum atomic E-state index is -1.21. The quantitative estimate of drug-likeness (QED) is 0.465. The van der Waals surface area contributed by atoms with Gasteiger partial charge in [-0.2, -0.15) is 0 Å². The number of hydrogen-bond acceptors (Lipinski definition) is 4. The molecule has 1 unspecified atom stereocenters. The van der Waals surface area contributed by atoms with Crippen molar-refractivity contribution < 1.29 is 19.7 Å². The van der Waals surface area contributed by atoms with E-state index >= 15 is 0 Å². The number of methoxy groups -OCH3 is 1. The van der Waals surface area contributed by atoms with Gasteiger partial charge in [-0.05, 0) is 0 Å². The van der Waals surface area contributed by atoms with Gasteiger partial charge in [-0.15, -0.1) is 0 Å². The Morgan fingerprint density at radius 1 is 1.62 bits per heavy atom. The Morgan fingerprint density at radius 2 is 2.25 bits per heavy atom. The zero-order chi connectivity index (χ0) is 6.41. The van der Waals surface area contributed by atoms with Crippen LogP contribution in [0.2, 0.25) is 0 Å². The second kappa shape index (κ2) is 4.99. The van der Waals surface area contributed by atoms with Gasteiger partial charge in [0.15, 0.2) is 0 Å². The second-order valence-electron chi connectivity index (χ2n) is 1.14. The molecule has 4 nitrogen and oxygen atoms in total. The fourth-order valence-electron chi connectivity index (χ4n) is 0.222. The third-order valence-corrected chi connectivity index (χ3v) is 0.553. The molecule has 0 radical (unpaired) electrons. The van der Waals surface area contributed by atoms with Crippen molar-refractivity contribution in [2.45, 2.75) is 6.48 Å². The number of ether oxygens (including phenoxy) is 2. The first-order valence-electron chi connectivity index (χ1n) is 2.24. The van der Waals surface area contributed by atoms with Crippen LogP contribution in [-0.4, -0.2) is 37.0 Å². The van der Waals surface area contributed by atoms with Crippen LogP contribution in [0.25, 0.3) is 0 Å². The highest BCUT2D eigenvalue weighted by molar-refractivity contribution is 4.20. The fourth-order valence-corrected chi connectivity index (χ4v) is 0.222. The highest BCUT2D eigenvalue weighted by Crippen LogP contribution is 1.83. The Morgan fingerprint density at radius 3 is 2.62 bits per heavy atom. The molecule has 0 aromatic carbocycles. The van der Waals surface area contributed by atoms with E-state index in [-0.39, 0.29) is 13.2 Å². The van der Waals surface area contributed by atoms with Gasteiger partial charge < -0.3 is 19.7 Å². The van der Waals surface area contributed by atoms with Crippen molar-refractivity contribution in [3.63, 3.8) is 0 Å². The van der Waals surface area contributed by atoms with Gasteiger partial charge in [0, 0.05) is 7.11 Å². The molecule has 0 spiro atoms. The molecule has 0 heterocycles. The van der Waals surface area contributed by atoms with Crippen molar-refractivity contribution in [2.75, 3.05) is 20.3 Å². The summed E-state index contributed by atoms with van der Waals surface area (Å²) in [5.41, 5.74) is 0. The highest BCUT2D eigenvalue weighted by atomic mass is 16.8. The average Bonchev–Trinajstić information content (AvgIpc) is 1.83. The summed E-state index contributed by atoms with van der Waals surface area (Å²) < 4.78 is 8.70. The molecule has 0 amide bonds. The molecule has 0 aromatic rings. The molecule has 0 saturated heterocycles. The lowest BCUT2D eigenvalue weighted by atomic mass is 10.8. The van der Waals surface area contributed by atoms with Gasteiger partial charge in [0.1, 0.15) is 0 Å². The number of aliphatic hydroxyl groups excluding tert-OH is 2. The van der Waals surface area contributed by atoms with E-state index in [1.54, 1.807) is 0 Å². The fraction of sp³-hybridized carbons (Fsp3) is 1.00. The monoisotopic (exact) mass is 122 g/mol. The molecule has 0 fully saturated rings. The Labute approximate surface area is 47.6 Å². The summed E-state index contributed by atoms with van der Waals surface area (Å²) in [6.45, 7) is -1.22. The Hall–Kier alpha value is -0.160. The van der Waals surface area contributed by atoms with Gasteiger partial charge in [0.2, 0.25) is 0 Å². The van der Waals surface area contributed by atoms with Gasteiger partial charge >= 0.3 is 0 Å². The summed E-state index contributed by atoms with van der Waals surface area (Å²) in [7, 11) is 1.31. The highest BCUT2D eigenvalue weighted by Gasteiger charge is 1.96. The van der Waals surface area contributed by atoms with Crippen LogP contribution in [0.15, 0.2) is 0 Å². The minimum Gasteiger partial charge on any atom is -0.394 e. The van der Waals surface area contributed by atoms with Crippen molar-refractivity contribution in [1.29, 1.82) is 0 Å². The molecule has 0 bridgehead atoms. The zero-order valence-corrected chi connectivity index (χ0v) is 4.70. The first-order valence-corrected chi connectivity index (χ1v) is 2.24. The predicted molar refractivity (Wildman–Crippen MR) is 26.1 cm³/mol. The molecule has 0 rings (SSSR count). The van der Waals surface area contributed by atoms with E-state index in [1.807, 2.05) is 0 Å². The van der Waals surface area contributed by atoms with Gasteiger partial charge in [-0.25, -0.2) is 0 Å². The van der Waals surface area contributed by atoms with Gasteiger partial charge in [0.25, 0.3) is 6.48 Å². The third-order valence-electron chi connectivity index (χ3n) is 0.553. The van der Waals surface area contributed by atoms with Crippen LogP contribution in [0.3, 0.4) is 0 Å². The first kappa shape index (κ1) is 7.84. The lowest BCUT2D eigenvalue weighted by Crippen LogP contribution is -2.15. The SMILES string of the molecule is COC(O)OCCO.